The second-order valence-corrected chi connectivity index (χ2v) is 6.05. The molecule has 2 aliphatic rings. The summed E-state index contributed by atoms with van der Waals surface area (Å²) in [5.41, 5.74) is 0.531. The molecule has 0 nitrogen and oxygen atoms in total. The minimum atomic E-state index is -0.139. The summed E-state index contributed by atoms with van der Waals surface area (Å²) in [7, 11) is 0. The molecule has 0 spiro atoms. The molecule has 12 heavy (non-hydrogen) atoms. The van der Waals surface area contributed by atoms with Gasteiger partial charge in [0.15, 0.2) is 0 Å². The first-order chi connectivity index (χ1) is 5.55. The van der Waals surface area contributed by atoms with Gasteiger partial charge in [-0.15, -0.1) is 23.2 Å². The van der Waals surface area contributed by atoms with Gasteiger partial charge in [-0.3, -0.25) is 0 Å². The number of fused-ring (bicyclic) bond motifs is 1. The summed E-state index contributed by atoms with van der Waals surface area (Å²) < 4.78 is 0. The fourth-order valence-electron chi connectivity index (χ4n) is 3.22. The van der Waals surface area contributed by atoms with Crippen LogP contribution in [-0.2, 0) is 0 Å². The zero-order chi connectivity index (χ0) is 8.93. The van der Waals surface area contributed by atoms with Gasteiger partial charge >= 0.3 is 0 Å². The van der Waals surface area contributed by atoms with Crippen LogP contribution in [0.4, 0.5) is 0 Å². The summed E-state index contributed by atoms with van der Waals surface area (Å²) in [6.07, 6.45) is 3.96. The first-order valence-corrected chi connectivity index (χ1v) is 5.70. The summed E-state index contributed by atoms with van der Waals surface area (Å²) in [5, 5.41) is 0. The van der Waals surface area contributed by atoms with Crippen LogP contribution in [0.25, 0.3) is 0 Å². The van der Waals surface area contributed by atoms with E-state index in [0.29, 0.717) is 11.3 Å². The SMILES string of the molecule is CC1(C)[C@H]2[C@H](C(Cl)Cl)CCC[C@@H]21. The quantitative estimate of drug-likeness (QED) is 0.572. The van der Waals surface area contributed by atoms with E-state index in [1.165, 1.54) is 19.3 Å². The largest absolute Gasteiger partial charge is 0.110 e. The van der Waals surface area contributed by atoms with Gasteiger partial charge in [0.05, 0.1) is 0 Å². The summed E-state index contributed by atoms with van der Waals surface area (Å²) in [5.74, 6) is 2.30. The molecule has 0 radical (unpaired) electrons. The minimum Gasteiger partial charge on any atom is -0.105 e. The zero-order valence-corrected chi connectivity index (χ0v) is 9.20. The second-order valence-electron chi connectivity index (χ2n) is 4.88. The van der Waals surface area contributed by atoms with E-state index in [0.717, 1.165) is 11.8 Å². The first kappa shape index (κ1) is 9.15. The molecule has 2 saturated carbocycles. The molecule has 0 aromatic rings. The summed E-state index contributed by atoms with van der Waals surface area (Å²) >= 11 is 11.9. The molecule has 0 saturated heterocycles. The summed E-state index contributed by atoms with van der Waals surface area (Å²) in [4.78, 5) is -0.139. The van der Waals surface area contributed by atoms with Gasteiger partial charge < -0.3 is 0 Å². The van der Waals surface area contributed by atoms with Crippen LogP contribution in [0.5, 0.6) is 0 Å². The lowest BCUT2D eigenvalue weighted by Gasteiger charge is -2.22. The van der Waals surface area contributed by atoms with Crippen LogP contribution in [0.15, 0.2) is 0 Å². The Morgan fingerprint density at radius 1 is 1.25 bits per heavy atom. The van der Waals surface area contributed by atoms with Crippen molar-refractivity contribution < 1.29 is 0 Å². The van der Waals surface area contributed by atoms with Gasteiger partial charge in [0, 0.05) is 0 Å². The Balaban J connectivity index is 2.09. The highest BCUT2D eigenvalue weighted by molar-refractivity contribution is 6.44. The van der Waals surface area contributed by atoms with Crippen LogP contribution < -0.4 is 0 Å². The molecule has 0 aromatic carbocycles. The van der Waals surface area contributed by atoms with Gasteiger partial charge in [0.25, 0.3) is 0 Å². The molecule has 2 heteroatoms. The average Bonchev–Trinajstić information content (AvgIpc) is 2.55. The smallest absolute Gasteiger partial charge is 0.105 e. The van der Waals surface area contributed by atoms with Crippen molar-refractivity contribution in [3.63, 3.8) is 0 Å². The third-order valence-electron chi connectivity index (χ3n) is 3.98. The van der Waals surface area contributed by atoms with Crippen LogP contribution in [0, 0.1) is 23.2 Å². The van der Waals surface area contributed by atoms with Gasteiger partial charge in [-0.2, -0.15) is 0 Å². The van der Waals surface area contributed by atoms with E-state index in [1.54, 1.807) is 0 Å². The topological polar surface area (TPSA) is 0 Å². The molecule has 0 heterocycles. The maximum atomic E-state index is 5.97. The van der Waals surface area contributed by atoms with Crippen LogP contribution in [0.1, 0.15) is 33.1 Å². The van der Waals surface area contributed by atoms with Crippen molar-refractivity contribution in [1.29, 1.82) is 0 Å². The van der Waals surface area contributed by atoms with Crippen LogP contribution >= 0.6 is 23.2 Å². The number of alkyl halides is 2. The molecule has 0 aromatic heterocycles. The Labute approximate surface area is 84.6 Å². The third-order valence-corrected chi connectivity index (χ3v) is 4.62. The van der Waals surface area contributed by atoms with Crippen LogP contribution in [0.2, 0.25) is 0 Å². The highest BCUT2D eigenvalue weighted by Crippen LogP contribution is 2.68. The Morgan fingerprint density at radius 2 is 1.92 bits per heavy atom. The fraction of sp³-hybridized carbons (Fsp3) is 1.00. The monoisotopic (exact) mass is 206 g/mol. The van der Waals surface area contributed by atoms with E-state index in [2.05, 4.69) is 13.8 Å². The average molecular weight is 207 g/mol. The molecular formula is C10H16Cl2. The number of hydrogen-bond donors (Lipinski definition) is 0. The third kappa shape index (κ3) is 1.19. The maximum absolute atomic E-state index is 5.97. The summed E-state index contributed by atoms with van der Waals surface area (Å²) in [6.45, 7) is 4.72. The van der Waals surface area contributed by atoms with Crippen molar-refractivity contribution in [1.82, 2.24) is 0 Å². The Morgan fingerprint density at radius 3 is 2.42 bits per heavy atom. The normalized spacial score (nSPS) is 44.2. The van der Waals surface area contributed by atoms with Gasteiger partial charge in [0.2, 0.25) is 0 Å². The van der Waals surface area contributed by atoms with E-state index in [1.807, 2.05) is 0 Å². The second kappa shape index (κ2) is 2.78. The minimum absolute atomic E-state index is 0.139. The Bertz CT molecular complexity index is 186. The van der Waals surface area contributed by atoms with Crippen molar-refractivity contribution in [2.75, 3.05) is 0 Å². The van der Waals surface area contributed by atoms with E-state index in [-0.39, 0.29) is 4.84 Å². The van der Waals surface area contributed by atoms with Gasteiger partial charge in [-0.25, -0.2) is 0 Å². The number of rotatable bonds is 1. The molecule has 0 aliphatic heterocycles. The van der Waals surface area contributed by atoms with Crippen molar-refractivity contribution >= 4 is 23.2 Å². The molecule has 2 fully saturated rings. The molecule has 0 bridgehead atoms. The molecule has 0 amide bonds. The van der Waals surface area contributed by atoms with E-state index < -0.39 is 0 Å². The van der Waals surface area contributed by atoms with Crippen LogP contribution in [-0.4, -0.2) is 4.84 Å². The predicted molar refractivity (Wildman–Crippen MR) is 53.6 cm³/mol. The van der Waals surface area contributed by atoms with Crippen molar-refractivity contribution in [3.05, 3.63) is 0 Å². The molecule has 0 N–H and O–H groups in total. The first-order valence-electron chi connectivity index (χ1n) is 4.83. The maximum Gasteiger partial charge on any atom is 0.110 e. The van der Waals surface area contributed by atoms with Gasteiger partial charge in [-0.05, 0) is 36.0 Å². The standard InChI is InChI=1S/C10H16Cl2/c1-10(2)7-5-3-4-6(8(7)10)9(11)12/h6-9H,3-5H2,1-2H3/t6-,7+,8+/m1/s1. The molecular weight excluding hydrogens is 191 g/mol. The van der Waals surface area contributed by atoms with E-state index >= 15 is 0 Å². The Hall–Kier alpha value is 0.580. The Kier molecular flexibility index (Phi) is 2.12. The van der Waals surface area contributed by atoms with Gasteiger partial charge in [0.1, 0.15) is 4.84 Å². The molecule has 70 valence electrons. The number of hydrogen-bond acceptors (Lipinski definition) is 0. The number of halogens is 2. The highest BCUT2D eigenvalue weighted by Gasteiger charge is 2.62. The van der Waals surface area contributed by atoms with E-state index in [4.69, 9.17) is 23.2 Å². The van der Waals surface area contributed by atoms with Crippen LogP contribution in [0.3, 0.4) is 0 Å². The summed E-state index contributed by atoms with van der Waals surface area (Å²) in [6, 6.07) is 0. The predicted octanol–water partition coefficient (Wildman–Crippen LogP) is 3.86. The van der Waals surface area contributed by atoms with Gasteiger partial charge in [-0.1, -0.05) is 20.3 Å². The molecule has 2 rings (SSSR count). The molecule has 2 aliphatic carbocycles. The fourth-order valence-corrected chi connectivity index (χ4v) is 3.79. The lowest BCUT2D eigenvalue weighted by Crippen LogP contribution is -2.17. The van der Waals surface area contributed by atoms with Crippen molar-refractivity contribution in [2.45, 2.75) is 37.9 Å². The van der Waals surface area contributed by atoms with E-state index in [9.17, 15) is 0 Å². The zero-order valence-electron chi connectivity index (χ0n) is 7.69. The van der Waals surface area contributed by atoms with Crippen molar-refractivity contribution in [3.8, 4) is 0 Å². The lowest BCUT2D eigenvalue weighted by molar-refractivity contribution is 0.345. The lowest BCUT2D eigenvalue weighted by atomic mass is 9.90. The van der Waals surface area contributed by atoms with Crippen molar-refractivity contribution in [2.24, 2.45) is 23.2 Å². The molecule has 3 atom stereocenters. The highest BCUT2D eigenvalue weighted by atomic mass is 35.5. The molecule has 0 unspecified atom stereocenters.